The first kappa shape index (κ1) is 17.2. The third-order valence-electron chi connectivity index (χ3n) is 3.73. The molecule has 0 saturated carbocycles. The lowest BCUT2D eigenvalue weighted by Crippen LogP contribution is -2.16. The van der Waals surface area contributed by atoms with Gasteiger partial charge in [-0.25, -0.2) is 5.43 Å². The fraction of sp³-hybridized carbons (Fsp3) is 0.111. The highest BCUT2D eigenvalue weighted by atomic mass is 16.6. The van der Waals surface area contributed by atoms with Crippen molar-refractivity contribution in [1.82, 2.24) is 5.43 Å². The molecule has 1 N–H and O–H groups in total. The molecule has 0 unspecified atom stereocenters. The molecular weight excluding hydrogens is 338 g/mol. The fourth-order valence-electron chi connectivity index (χ4n) is 2.46. The van der Waals surface area contributed by atoms with Crippen molar-refractivity contribution in [2.24, 2.45) is 5.10 Å². The Bertz CT molecular complexity index is 1020. The van der Waals surface area contributed by atoms with Crippen LogP contribution in [0.15, 0.2) is 52.0 Å². The lowest BCUT2D eigenvalue weighted by atomic mass is 10.1. The van der Waals surface area contributed by atoms with E-state index in [2.05, 4.69) is 10.5 Å². The third-order valence-corrected chi connectivity index (χ3v) is 3.73. The lowest BCUT2D eigenvalue weighted by molar-refractivity contribution is -0.384. The monoisotopic (exact) mass is 353 g/mol. The highest BCUT2D eigenvalue weighted by Crippen LogP contribution is 2.24. The van der Waals surface area contributed by atoms with E-state index >= 15 is 0 Å². The summed E-state index contributed by atoms with van der Waals surface area (Å²) in [5.74, 6) is 0.233. The molecular formula is C18H15N3O5. The molecule has 8 nitrogen and oxygen atoms in total. The third kappa shape index (κ3) is 3.54. The number of furan rings is 1. The van der Waals surface area contributed by atoms with Crippen LogP contribution in [0.4, 0.5) is 5.69 Å². The Morgan fingerprint density at radius 1 is 1.27 bits per heavy atom. The van der Waals surface area contributed by atoms with Gasteiger partial charge in [-0.3, -0.25) is 14.9 Å². The summed E-state index contributed by atoms with van der Waals surface area (Å²) in [4.78, 5) is 22.4. The zero-order valence-corrected chi connectivity index (χ0v) is 14.1. The van der Waals surface area contributed by atoms with Crippen molar-refractivity contribution in [3.63, 3.8) is 0 Å². The second-order valence-electron chi connectivity index (χ2n) is 5.52. The van der Waals surface area contributed by atoms with E-state index in [4.69, 9.17) is 9.15 Å². The number of hydrogen-bond donors (Lipinski definition) is 1. The first-order chi connectivity index (χ1) is 12.5. The quantitative estimate of drug-likeness (QED) is 0.430. The molecule has 26 heavy (non-hydrogen) atoms. The first-order valence-electron chi connectivity index (χ1n) is 7.64. The number of carbonyl (C=O) groups is 1. The van der Waals surface area contributed by atoms with Gasteiger partial charge in [0.1, 0.15) is 11.3 Å². The van der Waals surface area contributed by atoms with E-state index in [1.165, 1.54) is 30.5 Å². The van der Waals surface area contributed by atoms with Crippen LogP contribution in [-0.4, -0.2) is 24.2 Å². The van der Waals surface area contributed by atoms with E-state index in [-0.39, 0.29) is 11.4 Å². The molecule has 0 aliphatic carbocycles. The lowest BCUT2D eigenvalue weighted by Gasteiger charge is -2.04. The minimum atomic E-state index is -0.551. The smallest absolute Gasteiger partial charge is 0.307 e. The first-order valence-corrected chi connectivity index (χ1v) is 7.64. The molecule has 0 fully saturated rings. The second kappa shape index (κ2) is 7.06. The average Bonchev–Trinajstić information content (AvgIpc) is 3.05. The molecule has 1 amide bonds. The molecule has 1 aromatic heterocycles. The van der Waals surface area contributed by atoms with E-state index in [0.717, 1.165) is 16.9 Å². The van der Waals surface area contributed by atoms with Crippen molar-refractivity contribution in [3.8, 4) is 5.75 Å². The summed E-state index contributed by atoms with van der Waals surface area (Å²) < 4.78 is 10.6. The van der Waals surface area contributed by atoms with E-state index in [0.29, 0.717) is 11.0 Å². The highest BCUT2D eigenvalue weighted by Gasteiger charge is 2.14. The minimum absolute atomic E-state index is 0.0172. The van der Waals surface area contributed by atoms with Crippen molar-refractivity contribution in [3.05, 3.63) is 69.5 Å². The summed E-state index contributed by atoms with van der Waals surface area (Å²) in [5.41, 5.74) is 4.42. The number of methoxy groups -OCH3 is 1. The molecule has 0 radical (unpaired) electrons. The Balaban J connectivity index is 1.72. The number of nitrogens with one attached hydrogen (secondary N) is 1. The van der Waals surface area contributed by atoms with E-state index < -0.39 is 10.8 Å². The van der Waals surface area contributed by atoms with Crippen LogP contribution in [0.5, 0.6) is 5.75 Å². The van der Waals surface area contributed by atoms with Crippen LogP contribution in [-0.2, 0) is 0 Å². The van der Waals surface area contributed by atoms with Gasteiger partial charge in [-0.15, -0.1) is 0 Å². The van der Waals surface area contributed by atoms with Crippen LogP contribution in [0.3, 0.4) is 0 Å². The largest absolute Gasteiger partial charge is 0.496 e. The van der Waals surface area contributed by atoms with Crippen LogP contribution < -0.4 is 10.2 Å². The summed E-state index contributed by atoms with van der Waals surface area (Å²) in [7, 11) is 1.60. The number of non-ortho nitro benzene ring substituents is 1. The number of ether oxygens (including phenoxy) is 1. The SMILES string of the molecule is COc1ccc(/C=N\NC(=O)c2cc3cc([N+](=O)[O-])ccc3o2)cc1C. The Labute approximate surface area is 148 Å². The predicted molar refractivity (Wildman–Crippen MR) is 95.7 cm³/mol. The molecule has 0 saturated heterocycles. The number of aryl methyl sites for hydroxylation is 1. The number of amides is 1. The Kier molecular flexibility index (Phi) is 4.66. The minimum Gasteiger partial charge on any atom is -0.496 e. The van der Waals surface area contributed by atoms with Gasteiger partial charge in [-0.05, 0) is 48.4 Å². The number of hydrazone groups is 1. The molecule has 2 aromatic carbocycles. The van der Waals surface area contributed by atoms with E-state index in [1.54, 1.807) is 7.11 Å². The normalized spacial score (nSPS) is 11.0. The number of carbonyl (C=O) groups excluding carboxylic acids is 1. The topological polar surface area (TPSA) is 107 Å². The van der Waals surface area contributed by atoms with Crippen molar-refractivity contribution in [2.45, 2.75) is 6.92 Å². The zero-order valence-electron chi connectivity index (χ0n) is 14.1. The molecule has 132 valence electrons. The molecule has 0 aliphatic rings. The molecule has 3 aromatic rings. The van der Waals surface area contributed by atoms with Crippen LogP contribution in [0.2, 0.25) is 0 Å². The Hall–Kier alpha value is -3.68. The maximum atomic E-state index is 12.1. The van der Waals surface area contributed by atoms with E-state index in [9.17, 15) is 14.9 Å². The molecule has 8 heteroatoms. The molecule has 0 atom stereocenters. The van der Waals surface area contributed by atoms with Gasteiger partial charge >= 0.3 is 5.91 Å². The number of fused-ring (bicyclic) bond motifs is 1. The maximum Gasteiger partial charge on any atom is 0.307 e. The Morgan fingerprint density at radius 2 is 2.08 bits per heavy atom. The summed E-state index contributed by atoms with van der Waals surface area (Å²) in [6.07, 6.45) is 1.50. The standard InChI is InChI=1S/C18H15N3O5/c1-11-7-12(3-5-15(11)25-2)10-19-20-18(22)17-9-13-8-14(21(23)24)4-6-16(13)26-17/h3-10H,1-2H3,(H,20,22)/b19-10-. The summed E-state index contributed by atoms with van der Waals surface area (Å²) in [5, 5.41) is 15.2. The van der Waals surface area contributed by atoms with Gasteiger partial charge in [0.2, 0.25) is 0 Å². The Morgan fingerprint density at radius 3 is 2.77 bits per heavy atom. The molecule has 0 bridgehead atoms. The number of nitro benzene ring substituents is 1. The van der Waals surface area contributed by atoms with Gasteiger partial charge in [-0.1, -0.05) is 0 Å². The van der Waals surface area contributed by atoms with Crippen molar-refractivity contribution < 1.29 is 18.9 Å². The number of benzene rings is 2. The van der Waals surface area contributed by atoms with Gasteiger partial charge in [0.15, 0.2) is 5.76 Å². The molecule has 3 rings (SSSR count). The van der Waals surface area contributed by atoms with Gasteiger partial charge in [0, 0.05) is 17.5 Å². The van der Waals surface area contributed by atoms with Crippen LogP contribution in [0.1, 0.15) is 21.7 Å². The maximum absolute atomic E-state index is 12.1. The zero-order chi connectivity index (χ0) is 18.7. The average molecular weight is 353 g/mol. The fourth-order valence-corrected chi connectivity index (χ4v) is 2.46. The number of nitrogens with zero attached hydrogens (tertiary/aromatic N) is 2. The van der Waals surface area contributed by atoms with Gasteiger partial charge in [0.25, 0.3) is 5.69 Å². The summed E-state index contributed by atoms with van der Waals surface area (Å²) in [6.45, 7) is 1.91. The second-order valence-corrected chi connectivity index (χ2v) is 5.52. The van der Waals surface area contributed by atoms with Crippen molar-refractivity contribution in [1.29, 1.82) is 0 Å². The number of hydrogen-bond acceptors (Lipinski definition) is 6. The van der Waals surface area contributed by atoms with Crippen LogP contribution in [0.25, 0.3) is 11.0 Å². The van der Waals surface area contributed by atoms with Gasteiger partial charge < -0.3 is 9.15 Å². The number of nitro groups is 1. The van der Waals surface area contributed by atoms with Gasteiger partial charge in [0.05, 0.1) is 18.2 Å². The highest BCUT2D eigenvalue weighted by molar-refractivity contribution is 5.97. The summed E-state index contributed by atoms with van der Waals surface area (Å²) in [6, 6.07) is 11.0. The van der Waals surface area contributed by atoms with Gasteiger partial charge in [-0.2, -0.15) is 5.10 Å². The molecule has 1 heterocycles. The molecule has 0 spiro atoms. The predicted octanol–water partition coefficient (Wildman–Crippen LogP) is 3.42. The van der Waals surface area contributed by atoms with E-state index in [1.807, 2.05) is 25.1 Å². The van der Waals surface area contributed by atoms with Crippen LogP contribution >= 0.6 is 0 Å². The molecule has 0 aliphatic heterocycles. The van der Waals surface area contributed by atoms with Crippen molar-refractivity contribution >= 4 is 28.8 Å². The van der Waals surface area contributed by atoms with Crippen molar-refractivity contribution in [2.75, 3.05) is 7.11 Å². The number of rotatable bonds is 5. The van der Waals surface area contributed by atoms with Crippen LogP contribution in [0, 0.1) is 17.0 Å². The summed E-state index contributed by atoms with van der Waals surface area (Å²) >= 11 is 0.